The van der Waals surface area contributed by atoms with Crippen LogP contribution in [0.1, 0.15) is 44.1 Å². The van der Waals surface area contributed by atoms with Crippen molar-refractivity contribution < 1.29 is 19.1 Å². The van der Waals surface area contributed by atoms with E-state index in [1.165, 1.54) is 31.0 Å². The number of hydrogen-bond donors (Lipinski definition) is 1. The van der Waals surface area contributed by atoms with Crippen LogP contribution >= 0.6 is 39.9 Å². The minimum atomic E-state index is -0.339. The molecule has 0 spiro atoms. The zero-order valence-corrected chi connectivity index (χ0v) is 19.8. The quantitative estimate of drug-likeness (QED) is 0.265. The summed E-state index contributed by atoms with van der Waals surface area (Å²) in [5.74, 6) is 2.54. The van der Waals surface area contributed by atoms with Crippen LogP contribution in [0.5, 0.6) is 11.5 Å². The van der Waals surface area contributed by atoms with E-state index in [1.807, 2.05) is 6.07 Å². The number of thioether (sulfide) groups is 1. The molecule has 0 atom stereocenters. The first kappa shape index (κ1) is 20.5. The molecule has 5 aliphatic rings. The Morgan fingerprint density at radius 3 is 2.40 bits per heavy atom. The van der Waals surface area contributed by atoms with Gasteiger partial charge >= 0.3 is 5.97 Å². The van der Waals surface area contributed by atoms with Crippen molar-refractivity contribution in [3.8, 4) is 11.5 Å². The van der Waals surface area contributed by atoms with E-state index in [0.29, 0.717) is 43.0 Å². The molecule has 5 fully saturated rings. The van der Waals surface area contributed by atoms with E-state index >= 15 is 0 Å². The number of thiocarbonyl (C=S) groups is 1. The van der Waals surface area contributed by atoms with Crippen molar-refractivity contribution >= 4 is 62.2 Å². The number of amides is 1. The lowest BCUT2D eigenvalue weighted by Crippen LogP contribution is -2.51. The highest BCUT2D eigenvalue weighted by atomic mass is 79.9. The second-order valence-corrected chi connectivity index (χ2v) is 11.5. The summed E-state index contributed by atoms with van der Waals surface area (Å²) in [5.41, 5.74) is 0.421. The molecular weight excluding hydrogens is 486 g/mol. The number of halogens is 1. The molecule has 1 saturated heterocycles. The van der Waals surface area contributed by atoms with Crippen molar-refractivity contribution in [1.82, 2.24) is 5.32 Å². The summed E-state index contributed by atoms with van der Waals surface area (Å²) in [7, 11) is 1.55. The third kappa shape index (κ3) is 3.60. The molecule has 1 amide bonds. The number of methoxy groups -OCH3 is 1. The van der Waals surface area contributed by atoms with Gasteiger partial charge in [-0.1, -0.05) is 24.0 Å². The van der Waals surface area contributed by atoms with E-state index < -0.39 is 0 Å². The van der Waals surface area contributed by atoms with E-state index in [1.54, 1.807) is 19.3 Å². The molecule has 1 aliphatic heterocycles. The van der Waals surface area contributed by atoms with Gasteiger partial charge in [-0.25, -0.2) is 0 Å². The summed E-state index contributed by atoms with van der Waals surface area (Å²) in [6.45, 7) is 0. The Morgan fingerprint density at radius 2 is 1.87 bits per heavy atom. The molecule has 158 valence electrons. The number of nitrogens with one attached hydrogen (secondary N) is 1. The summed E-state index contributed by atoms with van der Waals surface area (Å²) >= 11 is 9.80. The topological polar surface area (TPSA) is 64.6 Å². The highest BCUT2D eigenvalue weighted by Gasteiger charge is 2.55. The lowest BCUT2D eigenvalue weighted by atomic mass is 9.49. The molecule has 6 rings (SSSR count). The zero-order chi connectivity index (χ0) is 21.0. The van der Waals surface area contributed by atoms with Gasteiger partial charge in [0.2, 0.25) is 0 Å². The molecule has 4 saturated carbocycles. The van der Waals surface area contributed by atoms with E-state index in [2.05, 4.69) is 21.2 Å². The van der Waals surface area contributed by atoms with Crippen LogP contribution in [-0.2, 0) is 9.59 Å². The van der Waals surface area contributed by atoms with Crippen molar-refractivity contribution in [2.75, 3.05) is 7.11 Å². The molecule has 1 aromatic carbocycles. The number of hydrogen-bond acceptors (Lipinski definition) is 6. The molecule has 5 nitrogen and oxygen atoms in total. The second-order valence-electron chi connectivity index (χ2n) is 8.97. The Morgan fingerprint density at radius 1 is 1.23 bits per heavy atom. The SMILES string of the molecule is COc1cc(/C=C2/SC(=S)NC2=O)cc(Br)c1OC(=O)C12CC3CC(CC(C3)C1)C2. The molecule has 1 N–H and O–H groups in total. The van der Waals surface area contributed by atoms with Gasteiger partial charge in [0.15, 0.2) is 11.5 Å². The number of carbonyl (C=O) groups excluding carboxylic acids is 2. The van der Waals surface area contributed by atoms with Crippen molar-refractivity contribution in [2.24, 2.45) is 23.2 Å². The van der Waals surface area contributed by atoms with Gasteiger partial charge in [-0.3, -0.25) is 9.59 Å². The second kappa shape index (κ2) is 7.64. The van der Waals surface area contributed by atoms with Gasteiger partial charge in [-0.15, -0.1) is 0 Å². The standard InChI is InChI=1S/C22H22BrNO4S2/c1-27-16-6-11(7-17-19(25)24-21(29)30-17)5-15(23)18(16)28-20(26)22-8-12-2-13(9-22)4-14(3-12)10-22/h5-7,12-14H,2-4,8-10H2,1H3,(H,24,25,29)/b17-7+. The van der Waals surface area contributed by atoms with Crippen LogP contribution in [-0.4, -0.2) is 23.3 Å². The zero-order valence-electron chi connectivity index (χ0n) is 16.5. The maximum Gasteiger partial charge on any atom is 0.317 e. The van der Waals surface area contributed by atoms with Crippen LogP contribution in [0.3, 0.4) is 0 Å². The van der Waals surface area contributed by atoms with Crippen molar-refractivity contribution in [3.05, 3.63) is 27.1 Å². The molecule has 30 heavy (non-hydrogen) atoms. The number of benzene rings is 1. The molecular formula is C22H22BrNO4S2. The monoisotopic (exact) mass is 507 g/mol. The van der Waals surface area contributed by atoms with Crippen LogP contribution in [0.4, 0.5) is 0 Å². The molecule has 0 aromatic heterocycles. The van der Waals surface area contributed by atoms with Crippen molar-refractivity contribution in [1.29, 1.82) is 0 Å². The minimum Gasteiger partial charge on any atom is -0.493 e. The molecule has 8 heteroatoms. The fraction of sp³-hybridized carbons (Fsp3) is 0.500. The Labute approximate surface area is 193 Å². The smallest absolute Gasteiger partial charge is 0.317 e. The summed E-state index contributed by atoms with van der Waals surface area (Å²) in [5, 5.41) is 2.61. The Hall–Kier alpha value is -1.38. The molecule has 1 heterocycles. The molecule has 0 unspecified atom stereocenters. The van der Waals surface area contributed by atoms with Crippen molar-refractivity contribution in [3.63, 3.8) is 0 Å². The number of rotatable bonds is 4. The summed E-state index contributed by atoms with van der Waals surface area (Å²) < 4.78 is 12.6. The van der Waals surface area contributed by atoms with E-state index in [9.17, 15) is 9.59 Å². The largest absolute Gasteiger partial charge is 0.493 e. The third-order valence-corrected chi connectivity index (χ3v) is 8.61. The Balaban J connectivity index is 1.41. The van der Waals surface area contributed by atoms with Gasteiger partial charge in [-0.05, 0) is 96.0 Å². The molecule has 0 radical (unpaired) electrons. The minimum absolute atomic E-state index is 0.122. The lowest BCUT2D eigenvalue weighted by molar-refractivity contribution is -0.161. The fourth-order valence-electron chi connectivity index (χ4n) is 6.06. The predicted molar refractivity (Wildman–Crippen MR) is 123 cm³/mol. The van der Waals surface area contributed by atoms with Crippen LogP contribution in [0.15, 0.2) is 21.5 Å². The summed E-state index contributed by atoms with van der Waals surface area (Å²) in [4.78, 5) is 25.8. The summed E-state index contributed by atoms with van der Waals surface area (Å²) in [6.07, 6.45) is 8.43. The Bertz CT molecular complexity index is 954. The van der Waals surface area contributed by atoms with E-state index in [4.69, 9.17) is 21.7 Å². The van der Waals surface area contributed by atoms with E-state index in [0.717, 1.165) is 24.8 Å². The third-order valence-electron chi connectivity index (χ3n) is 6.86. The number of esters is 1. The van der Waals surface area contributed by atoms with Gasteiger partial charge in [-0.2, -0.15) is 0 Å². The van der Waals surface area contributed by atoms with Crippen molar-refractivity contribution in [2.45, 2.75) is 38.5 Å². The molecule has 1 aromatic rings. The van der Waals surface area contributed by atoms with Gasteiger partial charge in [0.25, 0.3) is 5.91 Å². The number of carbonyl (C=O) groups is 2. The Kier molecular flexibility index (Phi) is 5.22. The first-order chi connectivity index (χ1) is 14.3. The van der Waals surface area contributed by atoms with Gasteiger partial charge in [0.1, 0.15) is 4.32 Å². The lowest BCUT2D eigenvalue weighted by Gasteiger charge is -2.55. The highest BCUT2D eigenvalue weighted by Crippen LogP contribution is 2.60. The average Bonchev–Trinajstić information content (AvgIpc) is 2.99. The normalized spacial score (nSPS) is 33.1. The van der Waals surface area contributed by atoms with Gasteiger partial charge < -0.3 is 14.8 Å². The predicted octanol–water partition coefficient (Wildman–Crippen LogP) is 5.07. The maximum absolute atomic E-state index is 13.3. The summed E-state index contributed by atoms with van der Waals surface area (Å²) in [6, 6.07) is 3.60. The fourth-order valence-corrected chi connectivity index (χ4v) is 7.64. The average molecular weight is 508 g/mol. The van der Waals surface area contributed by atoms with Crippen LogP contribution in [0.2, 0.25) is 0 Å². The first-order valence-corrected chi connectivity index (χ1v) is 12.2. The first-order valence-electron chi connectivity index (χ1n) is 10.2. The number of ether oxygens (including phenoxy) is 2. The van der Waals surface area contributed by atoms with E-state index in [-0.39, 0.29) is 17.3 Å². The van der Waals surface area contributed by atoms with Crippen LogP contribution < -0.4 is 14.8 Å². The molecule has 4 bridgehead atoms. The highest BCUT2D eigenvalue weighted by molar-refractivity contribution is 9.10. The van der Waals surface area contributed by atoms with Gasteiger partial charge in [0.05, 0.1) is 21.9 Å². The van der Waals surface area contributed by atoms with Gasteiger partial charge in [0, 0.05) is 0 Å². The van der Waals surface area contributed by atoms with Crippen LogP contribution in [0.25, 0.3) is 6.08 Å². The maximum atomic E-state index is 13.3. The van der Waals surface area contributed by atoms with Crippen LogP contribution in [0, 0.1) is 23.2 Å². The molecule has 4 aliphatic carbocycles.